The molecule has 0 aromatic carbocycles. The lowest BCUT2D eigenvalue weighted by Gasteiger charge is -1.97. The van der Waals surface area contributed by atoms with Crippen LogP contribution in [0.5, 0.6) is 0 Å². The highest BCUT2D eigenvalue weighted by atomic mass is 127. The van der Waals surface area contributed by atoms with Crippen molar-refractivity contribution in [3.05, 3.63) is 9.90 Å². The molecule has 6 heteroatoms. The van der Waals surface area contributed by atoms with Gasteiger partial charge in [0.2, 0.25) is 15.0 Å². The Labute approximate surface area is 78.7 Å². The van der Waals surface area contributed by atoms with Crippen LogP contribution in [0, 0.1) is 3.70 Å². The molecule has 1 rings (SSSR count). The Morgan fingerprint density at radius 2 is 2.18 bits per heavy atom. The molecule has 4 nitrogen and oxygen atoms in total. The summed E-state index contributed by atoms with van der Waals surface area (Å²) in [5.74, 6) is 0. The van der Waals surface area contributed by atoms with Gasteiger partial charge in [0.05, 0.1) is 6.20 Å². The van der Waals surface area contributed by atoms with Crippen LogP contribution in [-0.2, 0) is 16.9 Å². The number of aromatic nitrogens is 2. The summed E-state index contributed by atoms with van der Waals surface area (Å²) in [5.41, 5.74) is 0. The third-order valence-electron chi connectivity index (χ3n) is 1.22. The number of nitrogens with zero attached hydrogens (tertiary/aromatic N) is 2. The quantitative estimate of drug-likeness (QED) is 0.703. The Bertz CT molecular complexity index is 368. The zero-order chi connectivity index (χ0) is 8.65. The summed E-state index contributed by atoms with van der Waals surface area (Å²) in [6.45, 7) is 0. The van der Waals surface area contributed by atoms with Crippen LogP contribution in [0.1, 0.15) is 0 Å². The van der Waals surface area contributed by atoms with E-state index in [1.807, 2.05) is 22.6 Å². The van der Waals surface area contributed by atoms with Crippen molar-refractivity contribution in [1.82, 2.24) is 9.55 Å². The van der Waals surface area contributed by atoms with Crippen molar-refractivity contribution < 1.29 is 8.42 Å². The van der Waals surface area contributed by atoms with E-state index >= 15 is 0 Å². The van der Waals surface area contributed by atoms with Crippen LogP contribution in [0.2, 0.25) is 0 Å². The maximum atomic E-state index is 11.0. The van der Waals surface area contributed by atoms with Crippen molar-refractivity contribution in [2.75, 3.05) is 6.26 Å². The maximum absolute atomic E-state index is 11.0. The predicted molar refractivity (Wildman–Crippen MR) is 49.0 cm³/mol. The van der Waals surface area contributed by atoms with E-state index in [0.29, 0.717) is 0 Å². The first kappa shape index (κ1) is 8.98. The Morgan fingerprint density at radius 3 is 2.36 bits per heavy atom. The monoisotopic (exact) mass is 286 g/mol. The van der Waals surface area contributed by atoms with E-state index in [2.05, 4.69) is 4.98 Å². The molecule has 0 atom stereocenters. The van der Waals surface area contributed by atoms with Gasteiger partial charge in [-0.25, -0.2) is 13.4 Å². The van der Waals surface area contributed by atoms with Gasteiger partial charge in [-0.2, -0.15) is 0 Å². The largest absolute Gasteiger partial charge is 0.313 e. The molecule has 0 aliphatic carbocycles. The van der Waals surface area contributed by atoms with E-state index in [9.17, 15) is 8.42 Å². The summed E-state index contributed by atoms with van der Waals surface area (Å²) in [6, 6.07) is 0. The van der Waals surface area contributed by atoms with Gasteiger partial charge < -0.3 is 4.57 Å². The molecule has 0 bridgehead atoms. The van der Waals surface area contributed by atoms with Crippen LogP contribution >= 0.6 is 22.6 Å². The molecular weight excluding hydrogens is 279 g/mol. The number of sulfone groups is 1. The van der Waals surface area contributed by atoms with Gasteiger partial charge >= 0.3 is 0 Å². The molecule has 0 spiro atoms. The summed E-state index contributed by atoms with van der Waals surface area (Å²) in [6.07, 6.45) is 2.67. The second kappa shape index (κ2) is 2.74. The van der Waals surface area contributed by atoms with Gasteiger partial charge in [0.1, 0.15) is 3.70 Å². The molecule has 0 fully saturated rings. The average Bonchev–Trinajstić information content (AvgIpc) is 2.11. The summed E-state index contributed by atoms with van der Waals surface area (Å²) >= 11 is 2.02. The van der Waals surface area contributed by atoms with E-state index in [-0.39, 0.29) is 5.16 Å². The lowest BCUT2D eigenvalue weighted by atomic mass is 10.9. The van der Waals surface area contributed by atoms with Crippen molar-refractivity contribution in [2.24, 2.45) is 7.05 Å². The highest BCUT2D eigenvalue weighted by molar-refractivity contribution is 14.1. The predicted octanol–water partition coefficient (Wildman–Crippen LogP) is 0.428. The lowest BCUT2D eigenvalue weighted by Crippen LogP contribution is -2.06. The molecule has 0 N–H and O–H groups in total. The van der Waals surface area contributed by atoms with Gasteiger partial charge in [-0.3, -0.25) is 0 Å². The van der Waals surface area contributed by atoms with E-state index < -0.39 is 9.84 Å². The second-order valence-corrected chi connectivity index (χ2v) is 5.21. The Balaban J connectivity index is 3.38. The topological polar surface area (TPSA) is 52.0 Å². The van der Waals surface area contributed by atoms with Crippen LogP contribution in [0.25, 0.3) is 0 Å². The number of halogens is 1. The van der Waals surface area contributed by atoms with Crippen molar-refractivity contribution in [1.29, 1.82) is 0 Å². The Hall–Kier alpha value is -0.110. The SMILES string of the molecule is Cn1c(I)cnc1S(C)(=O)=O. The smallest absolute Gasteiger partial charge is 0.227 e. The maximum Gasteiger partial charge on any atom is 0.227 e. The highest BCUT2D eigenvalue weighted by Crippen LogP contribution is 2.10. The molecule has 0 aliphatic heterocycles. The minimum absolute atomic E-state index is 0.113. The third kappa shape index (κ3) is 1.73. The van der Waals surface area contributed by atoms with Gasteiger partial charge in [-0.1, -0.05) is 0 Å². The van der Waals surface area contributed by atoms with Crippen LogP contribution in [0.4, 0.5) is 0 Å². The van der Waals surface area contributed by atoms with E-state index in [1.165, 1.54) is 10.8 Å². The van der Waals surface area contributed by atoms with Crippen molar-refractivity contribution in [3.63, 3.8) is 0 Å². The molecule has 0 unspecified atom stereocenters. The molecule has 0 saturated heterocycles. The fourth-order valence-corrected chi connectivity index (χ4v) is 2.09. The van der Waals surface area contributed by atoms with Crippen LogP contribution in [-0.4, -0.2) is 24.2 Å². The molecule has 0 radical (unpaired) electrons. The first-order valence-corrected chi connectivity index (χ1v) is 5.77. The van der Waals surface area contributed by atoms with Gasteiger partial charge in [-0.05, 0) is 22.6 Å². The average molecular weight is 286 g/mol. The number of hydrogen-bond acceptors (Lipinski definition) is 3. The van der Waals surface area contributed by atoms with Crippen LogP contribution in [0.15, 0.2) is 11.4 Å². The third-order valence-corrected chi connectivity index (χ3v) is 3.27. The molecule has 0 saturated carbocycles. The number of imidazole rings is 1. The molecular formula is C5H7IN2O2S. The second-order valence-electron chi connectivity index (χ2n) is 2.19. The van der Waals surface area contributed by atoms with Crippen LogP contribution in [0.3, 0.4) is 0 Å². The van der Waals surface area contributed by atoms with Crippen molar-refractivity contribution in [2.45, 2.75) is 5.16 Å². The van der Waals surface area contributed by atoms with Gasteiger partial charge in [0.15, 0.2) is 0 Å². The van der Waals surface area contributed by atoms with Crippen LogP contribution < -0.4 is 0 Å². The molecule has 0 amide bonds. The molecule has 0 aliphatic rings. The molecule has 11 heavy (non-hydrogen) atoms. The Morgan fingerprint density at radius 1 is 1.64 bits per heavy atom. The Kier molecular flexibility index (Phi) is 2.24. The zero-order valence-electron chi connectivity index (χ0n) is 6.07. The van der Waals surface area contributed by atoms with Crippen molar-refractivity contribution >= 4 is 32.4 Å². The lowest BCUT2D eigenvalue weighted by molar-refractivity contribution is 0.584. The first-order valence-electron chi connectivity index (χ1n) is 2.80. The zero-order valence-corrected chi connectivity index (χ0v) is 9.05. The van der Waals surface area contributed by atoms with Gasteiger partial charge in [0, 0.05) is 13.3 Å². The van der Waals surface area contributed by atoms with Gasteiger partial charge in [-0.15, -0.1) is 0 Å². The normalized spacial score (nSPS) is 11.9. The van der Waals surface area contributed by atoms with E-state index in [4.69, 9.17) is 0 Å². The fourth-order valence-electron chi connectivity index (χ4n) is 0.718. The minimum atomic E-state index is -3.17. The molecule has 62 valence electrons. The van der Waals surface area contributed by atoms with Crippen molar-refractivity contribution in [3.8, 4) is 0 Å². The highest BCUT2D eigenvalue weighted by Gasteiger charge is 2.14. The number of hydrogen-bond donors (Lipinski definition) is 0. The fraction of sp³-hybridized carbons (Fsp3) is 0.400. The summed E-state index contributed by atoms with van der Waals surface area (Å²) in [5, 5.41) is 0.113. The summed E-state index contributed by atoms with van der Waals surface area (Å²) < 4.78 is 24.3. The summed E-state index contributed by atoms with van der Waals surface area (Å²) in [7, 11) is -1.49. The van der Waals surface area contributed by atoms with Gasteiger partial charge in [0.25, 0.3) is 0 Å². The first-order chi connectivity index (χ1) is 4.93. The molecule has 1 heterocycles. The van der Waals surface area contributed by atoms with E-state index in [0.717, 1.165) is 9.96 Å². The summed E-state index contributed by atoms with van der Waals surface area (Å²) in [4.78, 5) is 3.75. The molecule has 1 aromatic rings. The number of rotatable bonds is 1. The molecule has 1 aromatic heterocycles. The minimum Gasteiger partial charge on any atom is -0.313 e. The standard InChI is InChI=1S/C5H7IN2O2S/c1-8-4(6)3-7-5(8)11(2,9)10/h3H,1-2H3. The van der Waals surface area contributed by atoms with E-state index in [1.54, 1.807) is 7.05 Å².